The van der Waals surface area contributed by atoms with Crippen molar-refractivity contribution in [2.75, 3.05) is 35.0 Å². The summed E-state index contributed by atoms with van der Waals surface area (Å²) < 4.78 is 23.1. The topological polar surface area (TPSA) is 117 Å². The molecule has 1 aliphatic heterocycles. The van der Waals surface area contributed by atoms with Gasteiger partial charge in [-0.2, -0.15) is 0 Å². The molecule has 1 saturated carbocycles. The molecule has 4 rings (SSSR count). The molecule has 2 aromatic carbocycles. The van der Waals surface area contributed by atoms with Gasteiger partial charge in [-0.05, 0) is 69.2 Å². The summed E-state index contributed by atoms with van der Waals surface area (Å²) in [4.78, 5) is 13.8. The Labute approximate surface area is 247 Å². The highest BCUT2D eigenvalue weighted by atomic mass is 32.3. The van der Waals surface area contributed by atoms with Gasteiger partial charge >= 0.3 is 0 Å². The summed E-state index contributed by atoms with van der Waals surface area (Å²) in [6, 6.07) is 14.8. The van der Waals surface area contributed by atoms with E-state index >= 15 is 0 Å². The van der Waals surface area contributed by atoms with Gasteiger partial charge in [0.05, 0.1) is 23.6 Å². The third kappa shape index (κ3) is 8.61. The van der Waals surface area contributed by atoms with Crippen LogP contribution < -0.4 is 20.3 Å². The van der Waals surface area contributed by atoms with Crippen molar-refractivity contribution in [2.24, 2.45) is 0 Å². The van der Waals surface area contributed by atoms with Gasteiger partial charge in [0.25, 0.3) is 5.91 Å². The number of carbonyl (C=O) groups excluding carboxylic acids is 1. The Morgan fingerprint density at radius 2 is 1.78 bits per heavy atom. The van der Waals surface area contributed by atoms with Crippen LogP contribution in [0.4, 0.5) is 11.4 Å². The maximum absolute atomic E-state index is 13.8. The third-order valence-electron chi connectivity index (χ3n) is 8.54. The highest BCUT2D eigenvalue weighted by Crippen LogP contribution is 2.50. The number of hydrogen-bond acceptors (Lipinski definition) is 7. The Hall–Kier alpha value is -2.30. The highest BCUT2D eigenvalue weighted by Gasteiger charge is 2.33. The molecule has 0 spiro atoms. The second-order valence-corrected chi connectivity index (χ2v) is 13.9. The normalized spacial score (nSPS) is 20.6. The molecule has 9 heteroatoms. The molecule has 1 heterocycles. The summed E-state index contributed by atoms with van der Waals surface area (Å²) in [7, 11) is -2.93. The predicted octanol–water partition coefficient (Wildman–Crippen LogP) is 6.18. The van der Waals surface area contributed by atoms with Gasteiger partial charge < -0.3 is 21.1 Å². The molecule has 6 N–H and O–H groups in total. The van der Waals surface area contributed by atoms with Crippen molar-refractivity contribution in [3.63, 3.8) is 0 Å². The van der Waals surface area contributed by atoms with Crippen molar-refractivity contribution in [1.29, 1.82) is 0 Å². The first kappa shape index (κ1) is 31.6. The molecular weight excluding hydrogens is 536 g/mol. The maximum atomic E-state index is 13.8. The lowest BCUT2D eigenvalue weighted by Gasteiger charge is -2.47. The van der Waals surface area contributed by atoms with E-state index in [4.69, 9.17) is 0 Å². The number of carbonyl (C=O) groups is 1. The molecule has 2 atom stereocenters. The minimum atomic E-state index is -2.93. The molecule has 1 saturated heterocycles. The number of nitrogens with one attached hydrogen (secondary N) is 3. The van der Waals surface area contributed by atoms with Crippen molar-refractivity contribution in [2.45, 2.75) is 95.7 Å². The second kappa shape index (κ2) is 14.7. The summed E-state index contributed by atoms with van der Waals surface area (Å²) in [5, 5.41) is 21.6. The van der Waals surface area contributed by atoms with Crippen molar-refractivity contribution in [3.05, 3.63) is 59.7 Å². The SMILES string of the molecule is CCCC1(NC[C@@H](O)[C@H](Cc2ccccc2)NC(=O)c2cc(NCC)cc(N3CCCCS3(O)O)c2)CCCCC1. The largest absolute Gasteiger partial charge is 0.390 e. The molecule has 0 unspecified atom stereocenters. The van der Waals surface area contributed by atoms with Crippen LogP contribution in [-0.2, 0) is 6.42 Å². The van der Waals surface area contributed by atoms with E-state index in [1.54, 1.807) is 16.4 Å². The first-order valence-electron chi connectivity index (χ1n) is 15.5. The molecule has 2 aliphatic rings. The Bertz CT molecular complexity index is 1100. The Balaban J connectivity index is 1.55. The maximum Gasteiger partial charge on any atom is 0.251 e. The summed E-state index contributed by atoms with van der Waals surface area (Å²) in [6.45, 7) is 5.80. The summed E-state index contributed by atoms with van der Waals surface area (Å²) in [5.41, 5.74) is 2.89. The monoisotopic (exact) mass is 586 g/mol. The van der Waals surface area contributed by atoms with Gasteiger partial charge in [-0.25, -0.2) is 0 Å². The van der Waals surface area contributed by atoms with E-state index in [9.17, 15) is 19.0 Å². The summed E-state index contributed by atoms with van der Waals surface area (Å²) >= 11 is 0. The fraction of sp³-hybridized carbons (Fsp3) is 0.594. The number of aliphatic hydroxyl groups excluding tert-OH is 1. The minimum absolute atomic E-state index is 0.0577. The van der Waals surface area contributed by atoms with E-state index in [-0.39, 0.29) is 11.4 Å². The second-order valence-electron chi connectivity index (χ2n) is 11.8. The lowest BCUT2D eigenvalue weighted by Crippen LogP contribution is -2.54. The Morgan fingerprint density at radius 3 is 2.46 bits per heavy atom. The van der Waals surface area contributed by atoms with Gasteiger partial charge in [0.15, 0.2) is 0 Å². The number of nitrogens with zero attached hydrogens (tertiary/aromatic N) is 1. The molecular formula is C32H50N4O4S. The van der Waals surface area contributed by atoms with Crippen LogP contribution in [0.15, 0.2) is 48.5 Å². The number of anilines is 2. The first-order valence-corrected chi connectivity index (χ1v) is 17.1. The fourth-order valence-electron chi connectivity index (χ4n) is 6.39. The fourth-order valence-corrected chi connectivity index (χ4v) is 8.06. The average molecular weight is 587 g/mol. The van der Waals surface area contributed by atoms with Crippen molar-refractivity contribution in [3.8, 4) is 0 Å². The van der Waals surface area contributed by atoms with E-state index in [1.807, 2.05) is 43.3 Å². The smallest absolute Gasteiger partial charge is 0.251 e. The average Bonchev–Trinajstić information content (AvgIpc) is 2.96. The molecule has 1 amide bonds. The third-order valence-corrected chi connectivity index (χ3v) is 10.5. The molecule has 41 heavy (non-hydrogen) atoms. The van der Waals surface area contributed by atoms with Crippen LogP contribution in [0, 0.1) is 0 Å². The molecule has 0 bridgehead atoms. The van der Waals surface area contributed by atoms with Crippen LogP contribution in [0.3, 0.4) is 0 Å². The highest BCUT2D eigenvalue weighted by molar-refractivity contribution is 8.25. The van der Waals surface area contributed by atoms with Gasteiger partial charge in [0.1, 0.15) is 0 Å². The molecule has 0 aromatic heterocycles. The zero-order valence-corrected chi connectivity index (χ0v) is 25.6. The number of hydrogen-bond donors (Lipinski definition) is 6. The zero-order valence-electron chi connectivity index (χ0n) is 24.8. The van der Waals surface area contributed by atoms with E-state index < -0.39 is 22.9 Å². The predicted molar refractivity (Wildman–Crippen MR) is 171 cm³/mol. The van der Waals surface area contributed by atoms with Crippen molar-refractivity contribution in [1.82, 2.24) is 10.6 Å². The van der Waals surface area contributed by atoms with Crippen LogP contribution in [0.2, 0.25) is 0 Å². The van der Waals surface area contributed by atoms with Crippen LogP contribution in [0.5, 0.6) is 0 Å². The Kier molecular flexibility index (Phi) is 11.4. The van der Waals surface area contributed by atoms with Crippen LogP contribution in [0.1, 0.15) is 87.6 Å². The standard InChI is InChI=1S/C32H50N4O4S/c1-3-15-32(16-9-6-10-17-32)34-24-30(37)29(20-25-13-7-5-8-14-25)35-31(38)26-21-27(33-4-2)23-28(22-26)36-18-11-12-19-41(36,39)40/h5,7-8,13-14,21-23,29-30,33-34,37,39-40H,3-4,6,9-12,15-20,24H2,1-2H3,(H,35,38)/t29-,30+/m0/s1. The first-order chi connectivity index (χ1) is 19.7. The number of rotatable bonds is 13. The van der Waals surface area contributed by atoms with E-state index in [0.29, 0.717) is 43.1 Å². The molecule has 1 aliphatic carbocycles. The van der Waals surface area contributed by atoms with Crippen LogP contribution >= 0.6 is 10.8 Å². The van der Waals surface area contributed by atoms with Crippen molar-refractivity contribution < 1.29 is 19.0 Å². The Morgan fingerprint density at radius 1 is 1.02 bits per heavy atom. The van der Waals surface area contributed by atoms with Crippen LogP contribution in [-0.4, -0.2) is 63.2 Å². The molecule has 8 nitrogen and oxygen atoms in total. The lowest BCUT2D eigenvalue weighted by atomic mass is 9.78. The number of aliphatic hydroxyl groups is 1. The van der Waals surface area contributed by atoms with E-state index in [2.05, 4.69) is 22.9 Å². The number of benzene rings is 2. The van der Waals surface area contributed by atoms with Gasteiger partial charge in [0.2, 0.25) is 0 Å². The van der Waals surface area contributed by atoms with Gasteiger partial charge in [0, 0.05) is 36.4 Å². The van der Waals surface area contributed by atoms with E-state index in [0.717, 1.165) is 49.8 Å². The van der Waals surface area contributed by atoms with E-state index in [1.165, 1.54) is 19.3 Å². The summed E-state index contributed by atoms with van der Waals surface area (Å²) in [5.74, 6) is 0.0399. The van der Waals surface area contributed by atoms with Gasteiger partial charge in [-0.15, -0.1) is 10.8 Å². The summed E-state index contributed by atoms with van der Waals surface area (Å²) in [6.07, 6.45) is 9.47. The molecule has 2 aromatic rings. The number of amides is 1. The van der Waals surface area contributed by atoms with Crippen molar-refractivity contribution >= 4 is 28.1 Å². The number of β-amino-alcohol motifs (C(OH)–C–C–N with tert-alkyl or cyclic N) is 1. The van der Waals surface area contributed by atoms with Gasteiger partial charge in [-0.1, -0.05) is 62.9 Å². The molecule has 0 radical (unpaired) electrons. The molecule has 2 fully saturated rings. The quantitative estimate of drug-likeness (QED) is 0.166. The zero-order chi connectivity index (χ0) is 29.3. The van der Waals surface area contributed by atoms with Crippen LogP contribution in [0.25, 0.3) is 0 Å². The molecule has 228 valence electrons. The van der Waals surface area contributed by atoms with Gasteiger partial charge in [-0.3, -0.25) is 18.2 Å². The minimum Gasteiger partial charge on any atom is -0.390 e. The lowest BCUT2D eigenvalue weighted by molar-refractivity contribution is 0.0784.